The Kier molecular flexibility index (Phi) is 3.85. The van der Waals surface area contributed by atoms with Crippen molar-refractivity contribution in [3.8, 4) is 0 Å². The van der Waals surface area contributed by atoms with Crippen LogP contribution in [-0.2, 0) is 6.42 Å². The summed E-state index contributed by atoms with van der Waals surface area (Å²) in [7, 11) is 0. The minimum atomic E-state index is 0. The van der Waals surface area contributed by atoms with Crippen LogP contribution >= 0.6 is 0 Å². The summed E-state index contributed by atoms with van der Waals surface area (Å²) in [6, 6.07) is 6.73. The molecule has 2 aliphatic carbocycles. The molecule has 0 saturated heterocycles. The molecule has 0 N–H and O–H groups in total. The summed E-state index contributed by atoms with van der Waals surface area (Å²) in [5, 5.41) is 0. The Balaban J connectivity index is 0.00000147. The highest BCUT2D eigenvalue weighted by Crippen LogP contribution is 2.58. The Hall–Kier alpha value is -1.82. The summed E-state index contributed by atoms with van der Waals surface area (Å²) in [5.74, 6) is 0.463. The van der Waals surface area contributed by atoms with Crippen molar-refractivity contribution in [3.05, 3.63) is 77.9 Å². The van der Waals surface area contributed by atoms with Gasteiger partial charge in [0.2, 0.25) is 0 Å². The maximum Gasteiger partial charge on any atom is 0.0216 e. The standard InChI is InChI=1S/C19H20.CH4/c1-4-9-17-18-14(5-2)10-8-11-15(18)16-12-6-7-13-19(16,17)3;/h4,6-13,16H,1,5H2,2-3H3;1H4/b17-9+;. The summed E-state index contributed by atoms with van der Waals surface area (Å²) in [6.45, 7) is 8.48. The fourth-order valence-electron chi connectivity index (χ4n) is 3.57. The number of fused-ring (bicyclic) bond motifs is 3. The van der Waals surface area contributed by atoms with Gasteiger partial charge in [0.1, 0.15) is 0 Å². The second kappa shape index (κ2) is 5.28. The van der Waals surface area contributed by atoms with E-state index in [0.29, 0.717) is 5.92 Å². The molecule has 0 bridgehead atoms. The first-order valence-corrected chi connectivity index (χ1v) is 7.03. The molecule has 0 amide bonds. The third-order valence-electron chi connectivity index (χ3n) is 4.54. The fourth-order valence-corrected chi connectivity index (χ4v) is 3.57. The van der Waals surface area contributed by atoms with Crippen molar-refractivity contribution in [2.75, 3.05) is 0 Å². The van der Waals surface area contributed by atoms with Crippen LogP contribution in [0.15, 0.2) is 61.2 Å². The Bertz CT molecular complexity index is 613. The second-order valence-electron chi connectivity index (χ2n) is 5.56. The fraction of sp³-hybridized carbons (Fsp3) is 0.300. The van der Waals surface area contributed by atoms with Crippen molar-refractivity contribution in [3.63, 3.8) is 0 Å². The summed E-state index contributed by atoms with van der Waals surface area (Å²) >= 11 is 0. The van der Waals surface area contributed by atoms with E-state index in [2.05, 4.69) is 69.0 Å². The van der Waals surface area contributed by atoms with Gasteiger partial charge in [-0.3, -0.25) is 0 Å². The van der Waals surface area contributed by atoms with E-state index in [-0.39, 0.29) is 12.8 Å². The molecule has 104 valence electrons. The molecule has 0 aromatic heterocycles. The predicted octanol–water partition coefficient (Wildman–Crippen LogP) is 5.68. The van der Waals surface area contributed by atoms with E-state index >= 15 is 0 Å². The van der Waals surface area contributed by atoms with Gasteiger partial charge >= 0.3 is 0 Å². The highest BCUT2D eigenvalue weighted by Gasteiger charge is 2.44. The first-order valence-electron chi connectivity index (χ1n) is 7.03. The molecule has 1 aromatic carbocycles. The molecule has 0 heterocycles. The van der Waals surface area contributed by atoms with Crippen molar-refractivity contribution < 1.29 is 0 Å². The molecule has 1 aromatic rings. The number of benzene rings is 1. The van der Waals surface area contributed by atoms with E-state index < -0.39 is 0 Å². The molecule has 2 unspecified atom stereocenters. The van der Waals surface area contributed by atoms with Gasteiger partial charge in [-0.15, -0.1) is 0 Å². The first-order chi connectivity index (χ1) is 9.22. The second-order valence-corrected chi connectivity index (χ2v) is 5.56. The van der Waals surface area contributed by atoms with Crippen LogP contribution in [0.25, 0.3) is 5.57 Å². The number of hydrogen-bond acceptors (Lipinski definition) is 0. The van der Waals surface area contributed by atoms with Gasteiger partial charge in [-0.1, -0.05) is 82.5 Å². The van der Waals surface area contributed by atoms with Crippen molar-refractivity contribution in [1.29, 1.82) is 0 Å². The van der Waals surface area contributed by atoms with Crippen molar-refractivity contribution in [1.82, 2.24) is 0 Å². The summed E-state index contributed by atoms with van der Waals surface area (Å²) in [6.07, 6.45) is 14.2. The molecule has 0 radical (unpaired) electrons. The quantitative estimate of drug-likeness (QED) is 0.644. The van der Waals surface area contributed by atoms with E-state index in [1.165, 1.54) is 22.3 Å². The van der Waals surface area contributed by atoms with E-state index in [0.717, 1.165) is 6.42 Å². The number of rotatable bonds is 2. The van der Waals surface area contributed by atoms with Crippen molar-refractivity contribution >= 4 is 5.57 Å². The van der Waals surface area contributed by atoms with Crippen molar-refractivity contribution in [2.24, 2.45) is 5.41 Å². The average molecular weight is 264 g/mol. The van der Waals surface area contributed by atoms with E-state index in [1.807, 2.05) is 6.08 Å². The summed E-state index contributed by atoms with van der Waals surface area (Å²) in [4.78, 5) is 0. The lowest BCUT2D eigenvalue weighted by molar-refractivity contribution is 0.527. The molecule has 2 aliphatic rings. The minimum absolute atomic E-state index is 0. The van der Waals surface area contributed by atoms with Gasteiger partial charge in [0.05, 0.1) is 0 Å². The lowest BCUT2D eigenvalue weighted by Crippen LogP contribution is -2.18. The van der Waals surface area contributed by atoms with Gasteiger partial charge in [-0.2, -0.15) is 0 Å². The molecular formula is C20H24. The monoisotopic (exact) mass is 264 g/mol. The Labute approximate surface area is 123 Å². The van der Waals surface area contributed by atoms with Gasteiger partial charge < -0.3 is 0 Å². The van der Waals surface area contributed by atoms with E-state index in [1.54, 1.807) is 0 Å². The van der Waals surface area contributed by atoms with E-state index in [9.17, 15) is 0 Å². The topological polar surface area (TPSA) is 0 Å². The van der Waals surface area contributed by atoms with Crippen molar-refractivity contribution in [2.45, 2.75) is 33.6 Å². The zero-order chi connectivity index (χ0) is 13.5. The molecule has 2 atom stereocenters. The molecule has 0 nitrogen and oxygen atoms in total. The number of hydrogen-bond donors (Lipinski definition) is 0. The van der Waals surface area contributed by atoms with Crippen LogP contribution in [0.1, 0.15) is 43.9 Å². The average Bonchev–Trinajstić information content (AvgIpc) is 2.69. The van der Waals surface area contributed by atoms with Gasteiger partial charge in [-0.25, -0.2) is 0 Å². The number of allylic oxidation sites excluding steroid dienone is 7. The van der Waals surface area contributed by atoms with Gasteiger partial charge in [-0.05, 0) is 28.7 Å². The smallest absolute Gasteiger partial charge is 0.0216 e. The summed E-state index contributed by atoms with van der Waals surface area (Å²) < 4.78 is 0. The summed E-state index contributed by atoms with van der Waals surface area (Å²) in [5.41, 5.74) is 5.86. The largest absolute Gasteiger partial charge is 0.0991 e. The van der Waals surface area contributed by atoms with Crippen LogP contribution in [0.4, 0.5) is 0 Å². The molecule has 0 heteroatoms. The molecule has 3 rings (SSSR count). The predicted molar refractivity (Wildman–Crippen MR) is 89.9 cm³/mol. The zero-order valence-corrected chi connectivity index (χ0v) is 11.7. The molecule has 0 aliphatic heterocycles. The van der Waals surface area contributed by atoms with Crippen LogP contribution in [0.2, 0.25) is 0 Å². The van der Waals surface area contributed by atoms with Crippen LogP contribution in [0, 0.1) is 5.41 Å². The molecule has 0 saturated carbocycles. The van der Waals surface area contributed by atoms with Crippen LogP contribution in [-0.4, -0.2) is 0 Å². The number of aryl methyl sites for hydroxylation is 1. The minimum Gasteiger partial charge on any atom is -0.0991 e. The normalized spacial score (nSPS) is 27.9. The molecule has 0 fully saturated rings. The molecule has 20 heavy (non-hydrogen) atoms. The molecule has 0 spiro atoms. The first kappa shape index (κ1) is 14.6. The Morgan fingerprint density at radius 1 is 1.30 bits per heavy atom. The van der Waals surface area contributed by atoms with E-state index in [4.69, 9.17) is 0 Å². The maximum atomic E-state index is 3.90. The highest BCUT2D eigenvalue weighted by molar-refractivity contribution is 5.84. The Morgan fingerprint density at radius 2 is 2.10 bits per heavy atom. The lowest BCUT2D eigenvalue weighted by atomic mass is 9.72. The maximum absolute atomic E-state index is 3.90. The van der Waals surface area contributed by atoms with Gasteiger partial charge in [0, 0.05) is 11.3 Å². The van der Waals surface area contributed by atoms with Gasteiger partial charge in [0.25, 0.3) is 0 Å². The Morgan fingerprint density at radius 3 is 2.80 bits per heavy atom. The third-order valence-corrected chi connectivity index (χ3v) is 4.54. The van der Waals surface area contributed by atoms with Gasteiger partial charge in [0.15, 0.2) is 0 Å². The molecular weight excluding hydrogens is 240 g/mol. The highest BCUT2D eigenvalue weighted by atomic mass is 14.5. The SMILES string of the molecule is C.C=C/C=C1\c2c(CC)cccc2C2C=CC=CC12C. The van der Waals surface area contributed by atoms with Crippen LogP contribution < -0.4 is 0 Å². The third kappa shape index (κ3) is 1.83. The van der Waals surface area contributed by atoms with Crippen LogP contribution in [0.5, 0.6) is 0 Å². The lowest BCUT2D eigenvalue weighted by Gasteiger charge is -2.30. The van der Waals surface area contributed by atoms with Crippen LogP contribution in [0.3, 0.4) is 0 Å². The zero-order valence-electron chi connectivity index (χ0n) is 11.7.